The number of aliphatic hydroxyl groups is 1. The summed E-state index contributed by atoms with van der Waals surface area (Å²) in [5, 5.41) is 9.16. The Morgan fingerprint density at radius 2 is 2.38 bits per heavy atom. The zero-order valence-corrected chi connectivity index (χ0v) is 5.95. The van der Waals surface area contributed by atoms with Gasteiger partial charge in [-0.05, 0) is 17.9 Å². The molecule has 1 N–H and O–H groups in total. The third kappa shape index (κ3) is 1.17. The summed E-state index contributed by atoms with van der Waals surface area (Å²) in [7, 11) is 0. The van der Waals surface area contributed by atoms with Gasteiger partial charge in [0.05, 0.1) is 6.10 Å². The van der Waals surface area contributed by atoms with Crippen LogP contribution in [0.4, 0.5) is 0 Å². The van der Waals surface area contributed by atoms with Gasteiger partial charge in [0.15, 0.2) is 0 Å². The molecule has 0 aromatic heterocycles. The van der Waals surface area contributed by atoms with Crippen LogP contribution in [-0.4, -0.2) is 22.7 Å². The zero-order chi connectivity index (χ0) is 5.98. The Morgan fingerprint density at radius 3 is 2.50 bits per heavy atom. The maximum atomic E-state index is 9.16. The third-order valence-electron chi connectivity index (χ3n) is 1.63. The molecule has 48 valence electrons. The average Bonchev–Trinajstić information content (AvgIpc) is 1.62. The summed E-state index contributed by atoms with van der Waals surface area (Å²) >= 11 is 1.93. The van der Waals surface area contributed by atoms with Crippen molar-refractivity contribution in [3.05, 3.63) is 0 Å². The highest BCUT2D eigenvalue weighted by Crippen LogP contribution is 2.28. The van der Waals surface area contributed by atoms with E-state index in [0.29, 0.717) is 5.92 Å². The fraction of sp³-hybridized carbons (Fsp3) is 1.00. The van der Waals surface area contributed by atoms with E-state index in [1.807, 2.05) is 18.7 Å². The van der Waals surface area contributed by atoms with Crippen LogP contribution in [0.5, 0.6) is 0 Å². The van der Waals surface area contributed by atoms with E-state index in [1.165, 1.54) is 11.5 Å². The Labute approximate surface area is 54.5 Å². The smallest absolute Gasteiger partial charge is 0.0581 e. The highest BCUT2D eigenvalue weighted by Gasteiger charge is 2.24. The Kier molecular flexibility index (Phi) is 2.20. The van der Waals surface area contributed by atoms with Crippen molar-refractivity contribution >= 4 is 11.8 Å². The minimum atomic E-state index is -0.0174. The van der Waals surface area contributed by atoms with Crippen LogP contribution in [0.2, 0.25) is 0 Å². The second-order valence-corrected chi connectivity index (χ2v) is 3.35. The van der Waals surface area contributed by atoms with Crippen molar-refractivity contribution in [2.24, 2.45) is 5.92 Å². The molecule has 0 aromatic rings. The van der Waals surface area contributed by atoms with E-state index in [-0.39, 0.29) is 6.10 Å². The normalized spacial score (nSPS) is 24.8. The molecule has 0 bridgehead atoms. The highest BCUT2D eigenvalue weighted by atomic mass is 32.2. The standard InChI is InChI=1S/C6H12OS/c1-2-6(7)5-3-8-4-5/h5-7H,2-4H2,1H3/t6-/m0/s1. The lowest BCUT2D eigenvalue weighted by Crippen LogP contribution is -2.30. The van der Waals surface area contributed by atoms with E-state index in [2.05, 4.69) is 0 Å². The monoisotopic (exact) mass is 132 g/mol. The molecule has 1 fully saturated rings. The van der Waals surface area contributed by atoms with Gasteiger partial charge in [-0.2, -0.15) is 11.8 Å². The molecule has 1 atom stereocenters. The van der Waals surface area contributed by atoms with Crippen molar-refractivity contribution in [2.75, 3.05) is 11.5 Å². The SMILES string of the molecule is CC[C@H](O)C1CSC1. The quantitative estimate of drug-likeness (QED) is 0.607. The lowest BCUT2D eigenvalue weighted by atomic mass is 10.0. The van der Waals surface area contributed by atoms with Gasteiger partial charge >= 0.3 is 0 Å². The molecule has 1 heterocycles. The van der Waals surface area contributed by atoms with Crippen LogP contribution in [0.15, 0.2) is 0 Å². The predicted molar refractivity (Wildman–Crippen MR) is 37.1 cm³/mol. The number of thioether (sulfide) groups is 1. The van der Waals surface area contributed by atoms with Crippen LogP contribution in [0, 0.1) is 5.92 Å². The number of aliphatic hydroxyl groups excluding tert-OH is 1. The van der Waals surface area contributed by atoms with Gasteiger partial charge in [0, 0.05) is 5.92 Å². The summed E-state index contributed by atoms with van der Waals surface area (Å²) in [6.45, 7) is 2.04. The molecule has 8 heavy (non-hydrogen) atoms. The molecule has 0 radical (unpaired) electrons. The molecule has 1 nitrogen and oxygen atoms in total. The van der Waals surface area contributed by atoms with Crippen LogP contribution in [0.3, 0.4) is 0 Å². The second kappa shape index (κ2) is 2.74. The summed E-state index contributed by atoms with van der Waals surface area (Å²) in [4.78, 5) is 0. The fourth-order valence-electron chi connectivity index (χ4n) is 0.809. The highest BCUT2D eigenvalue weighted by molar-refractivity contribution is 8.00. The summed E-state index contributed by atoms with van der Waals surface area (Å²) in [6, 6.07) is 0. The number of hydrogen-bond donors (Lipinski definition) is 1. The van der Waals surface area contributed by atoms with E-state index in [1.54, 1.807) is 0 Å². The van der Waals surface area contributed by atoms with Gasteiger partial charge in [0.2, 0.25) is 0 Å². The summed E-state index contributed by atoms with van der Waals surface area (Å²) < 4.78 is 0. The first-order chi connectivity index (χ1) is 3.84. The van der Waals surface area contributed by atoms with Gasteiger partial charge in [-0.3, -0.25) is 0 Å². The van der Waals surface area contributed by atoms with E-state index >= 15 is 0 Å². The number of hydrogen-bond acceptors (Lipinski definition) is 2. The van der Waals surface area contributed by atoms with Crippen LogP contribution < -0.4 is 0 Å². The van der Waals surface area contributed by atoms with Crippen molar-refractivity contribution < 1.29 is 5.11 Å². The summed E-state index contributed by atoms with van der Waals surface area (Å²) in [5.74, 6) is 2.97. The fourth-order valence-corrected chi connectivity index (χ4v) is 1.76. The van der Waals surface area contributed by atoms with Crippen LogP contribution in [0.25, 0.3) is 0 Å². The predicted octanol–water partition coefficient (Wildman–Crippen LogP) is 1.12. The van der Waals surface area contributed by atoms with Crippen LogP contribution in [0.1, 0.15) is 13.3 Å². The molecule has 1 saturated heterocycles. The largest absolute Gasteiger partial charge is 0.393 e. The lowest BCUT2D eigenvalue weighted by molar-refractivity contribution is 0.121. The van der Waals surface area contributed by atoms with Gasteiger partial charge in [-0.1, -0.05) is 6.92 Å². The van der Waals surface area contributed by atoms with Crippen molar-refractivity contribution in [1.82, 2.24) is 0 Å². The Balaban J connectivity index is 2.13. The average molecular weight is 132 g/mol. The Bertz CT molecular complexity index is 68.2. The van der Waals surface area contributed by atoms with Crippen molar-refractivity contribution in [1.29, 1.82) is 0 Å². The first-order valence-electron chi connectivity index (χ1n) is 3.10. The molecule has 0 aliphatic carbocycles. The molecule has 1 rings (SSSR count). The first kappa shape index (κ1) is 6.43. The first-order valence-corrected chi connectivity index (χ1v) is 4.26. The third-order valence-corrected chi connectivity index (χ3v) is 2.95. The molecule has 1 aliphatic rings. The molecule has 0 saturated carbocycles. The molecule has 0 aromatic carbocycles. The molecule has 0 unspecified atom stereocenters. The van der Waals surface area contributed by atoms with Gasteiger partial charge < -0.3 is 5.11 Å². The van der Waals surface area contributed by atoms with E-state index in [0.717, 1.165) is 6.42 Å². The van der Waals surface area contributed by atoms with Gasteiger partial charge in [-0.25, -0.2) is 0 Å². The van der Waals surface area contributed by atoms with Crippen molar-refractivity contribution in [3.63, 3.8) is 0 Å². The maximum Gasteiger partial charge on any atom is 0.0581 e. The van der Waals surface area contributed by atoms with Crippen LogP contribution >= 0.6 is 11.8 Å². The Hall–Kier alpha value is 0.310. The number of rotatable bonds is 2. The molecular weight excluding hydrogens is 120 g/mol. The van der Waals surface area contributed by atoms with E-state index in [9.17, 15) is 0 Å². The van der Waals surface area contributed by atoms with Gasteiger partial charge in [-0.15, -0.1) is 0 Å². The van der Waals surface area contributed by atoms with Crippen molar-refractivity contribution in [2.45, 2.75) is 19.4 Å². The minimum Gasteiger partial charge on any atom is -0.393 e. The van der Waals surface area contributed by atoms with Crippen molar-refractivity contribution in [3.8, 4) is 0 Å². The molecule has 2 heteroatoms. The topological polar surface area (TPSA) is 20.2 Å². The van der Waals surface area contributed by atoms with E-state index in [4.69, 9.17) is 5.11 Å². The summed E-state index contributed by atoms with van der Waals surface area (Å²) in [6.07, 6.45) is 0.904. The van der Waals surface area contributed by atoms with E-state index < -0.39 is 0 Å². The van der Waals surface area contributed by atoms with Gasteiger partial charge in [0.25, 0.3) is 0 Å². The lowest BCUT2D eigenvalue weighted by Gasteiger charge is -2.28. The van der Waals surface area contributed by atoms with Gasteiger partial charge in [0.1, 0.15) is 0 Å². The summed E-state index contributed by atoms with van der Waals surface area (Å²) in [5.41, 5.74) is 0. The Morgan fingerprint density at radius 1 is 1.75 bits per heavy atom. The molecular formula is C6H12OS. The second-order valence-electron chi connectivity index (χ2n) is 2.27. The maximum absolute atomic E-state index is 9.16. The van der Waals surface area contributed by atoms with Crippen LogP contribution in [-0.2, 0) is 0 Å². The molecule has 0 spiro atoms. The molecule has 1 aliphatic heterocycles. The minimum absolute atomic E-state index is 0.0174. The zero-order valence-electron chi connectivity index (χ0n) is 5.13. The molecule has 0 amide bonds.